The van der Waals surface area contributed by atoms with Crippen LogP contribution < -0.4 is 4.72 Å². The lowest BCUT2D eigenvalue weighted by Crippen LogP contribution is -2.33. The van der Waals surface area contributed by atoms with E-state index in [0.717, 1.165) is 31.0 Å². The second-order valence-corrected chi connectivity index (χ2v) is 6.55. The van der Waals surface area contributed by atoms with Crippen LogP contribution in [0.25, 0.3) is 0 Å². The van der Waals surface area contributed by atoms with Crippen molar-refractivity contribution in [3.05, 3.63) is 29.8 Å². The summed E-state index contributed by atoms with van der Waals surface area (Å²) in [5.74, 6) is 0.0826. The Kier molecular flexibility index (Phi) is 4.08. The van der Waals surface area contributed by atoms with E-state index in [1.54, 1.807) is 0 Å². The van der Waals surface area contributed by atoms with Gasteiger partial charge >= 0.3 is 6.18 Å². The highest BCUT2D eigenvalue weighted by Gasteiger charge is 2.33. The molecule has 0 amide bonds. The van der Waals surface area contributed by atoms with E-state index < -0.39 is 32.8 Å². The van der Waals surface area contributed by atoms with Gasteiger partial charge in [0.1, 0.15) is 0 Å². The summed E-state index contributed by atoms with van der Waals surface area (Å²) in [5, 5.41) is 9.58. The SMILES string of the molecule is O=S(=O)(NCC(O)C1CC1)c1cccc(C(F)(F)F)c1. The van der Waals surface area contributed by atoms with E-state index in [-0.39, 0.29) is 12.5 Å². The van der Waals surface area contributed by atoms with E-state index in [4.69, 9.17) is 0 Å². The molecule has 20 heavy (non-hydrogen) atoms. The molecule has 1 saturated carbocycles. The lowest BCUT2D eigenvalue weighted by atomic mass is 10.2. The van der Waals surface area contributed by atoms with Gasteiger partial charge in [0, 0.05) is 6.54 Å². The molecule has 1 aliphatic carbocycles. The van der Waals surface area contributed by atoms with Crippen LogP contribution in [0.2, 0.25) is 0 Å². The van der Waals surface area contributed by atoms with Gasteiger partial charge in [-0.15, -0.1) is 0 Å². The average Bonchev–Trinajstić information content (AvgIpc) is 3.19. The minimum atomic E-state index is -4.60. The third-order valence-electron chi connectivity index (χ3n) is 3.12. The van der Waals surface area contributed by atoms with E-state index in [2.05, 4.69) is 4.72 Å². The summed E-state index contributed by atoms with van der Waals surface area (Å²) in [6, 6.07) is 3.50. The minimum Gasteiger partial charge on any atom is -0.391 e. The molecule has 0 radical (unpaired) electrons. The molecule has 0 aliphatic heterocycles. The van der Waals surface area contributed by atoms with Crippen LogP contribution in [-0.4, -0.2) is 26.2 Å². The van der Waals surface area contributed by atoms with Crippen molar-refractivity contribution in [2.45, 2.75) is 30.0 Å². The van der Waals surface area contributed by atoms with Crippen LogP contribution in [0.4, 0.5) is 13.2 Å². The van der Waals surface area contributed by atoms with E-state index in [0.29, 0.717) is 6.07 Å². The Bertz CT molecular complexity index is 582. The van der Waals surface area contributed by atoms with Gasteiger partial charge in [0.05, 0.1) is 16.6 Å². The van der Waals surface area contributed by atoms with Crippen molar-refractivity contribution in [3.63, 3.8) is 0 Å². The maximum Gasteiger partial charge on any atom is 0.416 e. The van der Waals surface area contributed by atoms with E-state index in [1.807, 2.05) is 0 Å². The van der Waals surface area contributed by atoms with Crippen LogP contribution in [0.3, 0.4) is 0 Å². The number of benzene rings is 1. The summed E-state index contributed by atoms with van der Waals surface area (Å²) in [6.07, 6.45) is -3.71. The maximum absolute atomic E-state index is 12.5. The molecule has 0 heterocycles. The second kappa shape index (κ2) is 5.34. The minimum absolute atomic E-state index is 0.0826. The van der Waals surface area contributed by atoms with Crippen molar-refractivity contribution in [3.8, 4) is 0 Å². The largest absolute Gasteiger partial charge is 0.416 e. The van der Waals surface area contributed by atoms with Crippen LogP contribution in [0.15, 0.2) is 29.2 Å². The molecule has 1 fully saturated rings. The van der Waals surface area contributed by atoms with Crippen LogP contribution in [0.1, 0.15) is 18.4 Å². The molecule has 1 aromatic rings. The van der Waals surface area contributed by atoms with Gasteiger partial charge in [-0.1, -0.05) is 6.07 Å². The van der Waals surface area contributed by atoms with E-state index in [9.17, 15) is 26.7 Å². The molecular formula is C12H14F3NO3S. The fourth-order valence-corrected chi connectivity index (χ4v) is 2.86. The Labute approximate surface area is 114 Å². The summed E-state index contributed by atoms with van der Waals surface area (Å²) >= 11 is 0. The molecule has 0 spiro atoms. The van der Waals surface area contributed by atoms with Crippen molar-refractivity contribution in [2.75, 3.05) is 6.54 Å². The number of hydrogen-bond acceptors (Lipinski definition) is 3. The summed E-state index contributed by atoms with van der Waals surface area (Å²) < 4.78 is 63.5. The van der Waals surface area contributed by atoms with Crippen molar-refractivity contribution in [1.82, 2.24) is 4.72 Å². The third kappa shape index (κ3) is 3.71. The topological polar surface area (TPSA) is 66.4 Å². The smallest absolute Gasteiger partial charge is 0.391 e. The highest BCUT2D eigenvalue weighted by Crippen LogP contribution is 2.32. The first-order valence-electron chi connectivity index (χ1n) is 6.05. The highest BCUT2D eigenvalue weighted by molar-refractivity contribution is 7.89. The Morgan fingerprint density at radius 1 is 1.35 bits per heavy atom. The number of nitrogens with one attached hydrogen (secondary N) is 1. The quantitative estimate of drug-likeness (QED) is 0.871. The fraction of sp³-hybridized carbons (Fsp3) is 0.500. The third-order valence-corrected chi connectivity index (χ3v) is 4.54. The van der Waals surface area contributed by atoms with Crippen LogP contribution >= 0.6 is 0 Å². The number of halogens is 3. The molecule has 4 nitrogen and oxygen atoms in total. The molecular weight excluding hydrogens is 295 g/mol. The first kappa shape index (κ1) is 15.3. The van der Waals surface area contributed by atoms with Crippen LogP contribution in [0.5, 0.6) is 0 Å². The predicted molar refractivity (Wildman–Crippen MR) is 65.4 cm³/mol. The first-order valence-corrected chi connectivity index (χ1v) is 7.53. The van der Waals surface area contributed by atoms with Gasteiger partial charge in [-0.05, 0) is 37.0 Å². The molecule has 1 aromatic carbocycles. The van der Waals surface area contributed by atoms with Crippen LogP contribution in [0, 0.1) is 5.92 Å². The normalized spacial score (nSPS) is 18.0. The standard InChI is InChI=1S/C12H14F3NO3S/c13-12(14,15)9-2-1-3-10(6-9)20(18,19)16-7-11(17)8-4-5-8/h1-3,6,8,11,16-17H,4-5,7H2. The van der Waals surface area contributed by atoms with Gasteiger partial charge in [0.2, 0.25) is 10.0 Å². The van der Waals surface area contributed by atoms with Gasteiger partial charge in [0.15, 0.2) is 0 Å². The number of rotatable bonds is 5. The summed E-state index contributed by atoms with van der Waals surface area (Å²) in [4.78, 5) is -0.463. The number of sulfonamides is 1. The molecule has 0 saturated heterocycles. The molecule has 2 N–H and O–H groups in total. The van der Waals surface area contributed by atoms with Crippen LogP contribution in [-0.2, 0) is 16.2 Å². The van der Waals surface area contributed by atoms with Crippen molar-refractivity contribution in [1.29, 1.82) is 0 Å². The summed E-state index contributed by atoms with van der Waals surface area (Å²) in [6.45, 7) is -0.191. The number of hydrogen-bond donors (Lipinski definition) is 2. The van der Waals surface area contributed by atoms with Gasteiger partial charge in [-0.2, -0.15) is 13.2 Å². The Morgan fingerprint density at radius 2 is 2.00 bits per heavy atom. The zero-order valence-electron chi connectivity index (χ0n) is 10.4. The average molecular weight is 309 g/mol. The number of alkyl halides is 3. The van der Waals surface area contributed by atoms with E-state index >= 15 is 0 Å². The van der Waals surface area contributed by atoms with E-state index in [1.165, 1.54) is 0 Å². The Hall–Kier alpha value is -1.12. The molecule has 8 heteroatoms. The molecule has 1 unspecified atom stereocenters. The fourth-order valence-electron chi connectivity index (χ4n) is 1.77. The molecule has 112 valence electrons. The summed E-state index contributed by atoms with van der Waals surface area (Å²) in [5.41, 5.74) is -1.02. The lowest BCUT2D eigenvalue weighted by molar-refractivity contribution is -0.137. The van der Waals surface area contributed by atoms with Gasteiger partial charge in [-0.3, -0.25) is 0 Å². The number of aliphatic hydroxyl groups is 1. The molecule has 1 aliphatic rings. The monoisotopic (exact) mass is 309 g/mol. The zero-order valence-corrected chi connectivity index (χ0v) is 11.2. The first-order chi connectivity index (χ1) is 9.20. The molecule has 2 rings (SSSR count). The molecule has 0 bridgehead atoms. The predicted octanol–water partition coefficient (Wildman–Crippen LogP) is 1.75. The molecule has 0 aromatic heterocycles. The zero-order chi connectivity index (χ0) is 15.0. The maximum atomic E-state index is 12.5. The number of aliphatic hydroxyl groups excluding tert-OH is 1. The van der Waals surface area contributed by atoms with Gasteiger partial charge < -0.3 is 5.11 Å². The Morgan fingerprint density at radius 3 is 2.55 bits per heavy atom. The van der Waals surface area contributed by atoms with Crippen molar-refractivity contribution >= 4 is 10.0 Å². The van der Waals surface area contributed by atoms with Crippen molar-refractivity contribution in [2.24, 2.45) is 5.92 Å². The van der Waals surface area contributed by atoms with Gasteiger partial charge in [0.25, 0.3) is 0 Å². The van der Waals surface area contributed by atoms with Crippen molar-refractivity contribution < 1.29 is 26.7 Å². The molecule has 1 atom stereocenters. The second-order valence-electron chi connectivity index (χ2n) is 4.78. The van der Waals surface area contributed by atoms with Gasteiger partial charge in [-0.25, -0.2) is 13.1 Å². The lowest BCUT2D eigenvalue weighted by Gasteiger charge is -2.12. The highest BCUT2D eigenvalue weighted by atomic mass is 32.2. The Balaban J connectivity index is 2.12. The summed E-state index contributed by atoms with van der Waals surface area (Å²) in [7, 11) is -4.05.